The van der Waals surface area contributed by atoms with E-state index in [0.29, 0.717) is 52.6 Å². The molecule has 0 aliphatic rings. The molecule has 1 aromatic heterocycles. The first-order chi connectivity index (χ1) is 15.1. The van der Waals surface area contributed by atoms with Crippen LogP contribution in [0.4, 0.5) is 0 Å². The number of phenolic OH excluding ortho intramolecular Hbond substituents is 1. The first-order valence-corrected chi connectivity index (χ1v) is 10.3. The van der Waals surface area contributed by atoms with Crippen molar-refractivity contribution in [2.45, 2.75) is 20.3 Å². The maximum Gasteiger partial charge on any atom is 0.196 e. The summed E-state index contributed by atoms with van der Waals surface area (Å²) in [6, 6.07) is 20.1. The molecule has 1 heterocycles. The highest BCUT2D eigenvalue weighted by atomic mass is 16.5. The zero-order valence-corrected chi connectivity index (χ0v) is 17.6. The molecule has 0 aliphatic heterocycles. The van der Waals surface area contributed by atoms with Gasteiger partial charge in [-0.15, -0.1) is 0 Å². The molecule has 4 rings (SSSR count). The normalized spacial score (nSPS) is 10.9. The predicted molar refractivity (Wildman–Crippen MR) is 121 cm³/mol. The van der Waals surface area contributed by atoms with Crippen LogP contribution < -0.4 is 14.9 Å². The molecule has 5 heteroatoms. The molecule has 3 aromatic carbocycles. The highest BCUT2D eigenvalue weighted by Crippen LogP contribution is 2.35. The molecule has 0 saturated carbocycles. The summed E-state index contributed by atoms with van der Waals surface area (Å²) in [7, 11) is 0. The van der Waals surface area contributed by atoms with Crippen LogP contribution in [-0.4, -0.2) is 18.3 Å². The number of ether oxygens (including phenoxy) is 2. The number of phenols is 1. The Balaban J connectivity index is 1.95. The molecule has 0 atom stereocenters. The smallest absolute Gasteiger partial charge is 0.196 e. The van der Waals surface area contributed by atoms with Crippen molar-refractivity contribution in [2.24, 2.45) is 0 Å². The third-order valence-electron chi connectivity index (χ3n) is 5.06. The van der Waals surface area contributed by atoms with E-state index >= 15 is 0 Å². The monoisotopic (exact) mass is 416 g/mol. The summed E-state index contributed by atoms with van der Waals surface area (Å²) in [5, 5.41) is 11.1. The summed E-state index contributed by atoms with van der Waals surface area (Å²) >= 11 is 0. The third-order valence-corrected chi connectivity index (χ3v) is 5.06. The predicted octanol–water partition coefficient (Wildman–Crippen LogP) is 5.55. The molecule has 158 valence electrons. The zero-order valence-electron chi connectivity index (χ0n) is 17.6. The van der Waals surface area contributed by atoms with E-state index in [0.717, 1.165) is 5.56 Å². The van der Waals surface area contributed by atoms with Crippen molar-refractivity contribution in [1.29, 1.82) is 0 Å². The van der Waals surface area contributed by atoms with Crippen molar-refractivity contribution in [1.82, 2.24) is 0 Å². The maximum absolute atomic E-state index is 13.6. The average molecular weight is 416 g/mol. The van der Waals surface area contributed by atoms with E-state index in [9.17, 15) is 9.90 Å². The van der Waals surface area contributed by atoms with Gasteiger partial charge in [0.1, 0.15) is 5.76 Å². The minimum atomic E-state index is -0.150. The van der Waals surface area contributed by atoms with Gasteiger partial charge in [-0.1, -0.05) is 48.5 Å². The Morgan fingerprint density at radius 3 is 2.26 bits per heavy atom. The van der Waals surface area contributed by atoms with E-state index in [4.69, 9.17) is 13.9 Å². The molecular formula is C26H24O5. The van der Waals surface area contributed by atoms with E-state index in [1.165, 1.54) is 0 Å². The molecule has 1 N–H and O–H groups in total. The number of benzene rings is 3. The Bertz CT molecular complexity index is 1260. The number of para-hydroxylation sites is 2. The van der Waals surface area contributed by atoms with Crippen LogP contribution in [-0.2, 0) is 6.42 Å². The highest BCUT2D eigenvalue weighted by molar-refractivity contribution is 5.85. The van der Waals surface area contributed by atoms with Crippen molar-refractivity contribution in [3.8, 4) is 28.6 Å². The molecule has 0 radical (unpaired) electrons. The summed E-state index contributed by atoms with van der Waals surface area (Å²) in [6.07, 6.45) is 0.202. The standard InChI is InChI=1S/C26H24O5/c1-3-29-21-14-8-12-18(23(21)27)16-20-24(28)19-13-9-15-22(30-4-2)26(19)31-25(20)17-10-6-5-7-11-17/h5-15,27H,3-4,16H2,1-2H3. The molecule has 0 amide bonds. The van der Waals surface area contributed by atoms with Gasteiger partial charge in [0, 0.05) is 23.1 Å². The minimum Gasteiger partial charge on any atom is -0.504 e. The van der Waals surface area contributed by atoms with Crippen LogP contribution in [0.2, 0.25) is 0 Å². The second-order valence-corrected chi connectivity index (χ2v) is 7.04. The van der Waals surface area contributed by atoms with Crippen molar-refractivity contribution >= 4 is 11.0 Å². The summed E-state index contributed by atoms with van der Waals surface area (Å²) < 4.78 is 17.5. The van der Waals surface area contributed by atoms with E-state index in [-0.39, 0.29) is 17.6 Å². The minimum absolute atomic E-state index is 0.0333. The molecule has 0 spiro atoms. The van der Waals surface area contributed by atoms with Crippen molar-refractivity contribution in [3.05, 3.63) is 88.1 Å². The fourth-order valence-corrected chi connectivity index (χ4v) is 3.65. The molecule has 4 aromatic rings. The molecule has 0 unspecified atom stereocenters. The molecular weight excluding hydrogens is 392 g/mol. The highest BCUT2D eigenvalue weighted by Gasteiger charge is 2.20. The Morgan fingerprint density at radius 1 is 0.839 bits per heavy atom. The lowest BCUT2D eigenvalue weighted by Gasteiger charge is -2.14. The number of fused-ring (bicyclic) bond motifs is 1. The third kappa shape index (κ3) is 3.99. The van der Waals surface area contributed by atoms with Gasteiger partial charge in [-0.2, -0.15) is 0 Å². The first-order valence-electron chi connectivity index (χ1n) is 10.3. The van der Waals surface area contributed by atoms with Crippen LogP contribution >= 0.6 is 0 Å². The SMILES string of the molecule is CCOc1cccc(Cc2c(-c3ccccc3)oc3c(OCC)cccc3c2=O)c1O. The van der Waals surface area contributed by atoms with Gasteiger partial charge in [-0.3, -0.25) is 4.79 Å². The summed E-state index contributed by atoms with van der Waals surface area (Å²) in [5.74, 6) is 1.42. The van der Waals surface area contributed by atoms with Crippen LogP contribution in [0, 0.1) is 0 Å². The second kappa shape index (κ2) is 8.96. The fourth-order valence-electron chi connectivity index (χ4n) is 3.65. The second-order valence-electron chi connectivity index (χ2n) is 7.04. The molecule has 0 bridgehead atoms. The molecule has 0 aliphatic carbocycles. The summed E-state index contributed by atoms with van der Waals surface area (Å²) in [6.45, 7) is 4.64. The Kier molecular flexibility index (Phi) is 5.94. The largest absolute Gasteiger partial charge is 0.504 e. The van der Waals surface area contributed by atoms with Crippen molar-refractivity contribution in [3.63, 3.8) is 0 Å². The van der Waals surface area contributed by atoms with Crippen molar-refractivity contribution in [2.75, 3.05) is 13.2 Å². The van der Waals surface area contributed by atoms with Crippen LogP contribution in [0.3, 0.4) is 0 Å². The van der Waals surface area contributed by atoms with Gasteiger partial charge in [-0.05, 0) is 32.0 Å². The number of hydrogen-bond acceptors (Lipinski definition) is 5. The number of aromatic hydroxyl groups is 1. The Hall–Kier alpha value is -3.73. The fraction of sp³-hybridized carbons (Fsp3) is 0.192. The van der Waals surface area contributed by atoms with Gasteiger partial charge in [-0.25, -0.2) is 0 Å². The maximum atomic E-state index is 13.6. The zero-order chi connectivity index (χ0) is 21.8. The van der Waals surface area contributed by atoms with Crippen molar-refractivity contribution < 1.29 is 19.0 Å². The Morgan fingerprint density at radius 2 is 1.52 bits per heavy atom. The Labute approximate surface area is 180 Å². The quantitative estimate of drug-likeness (QED) is 0.428. The van der Waals surface area contributed by atoms with E-state index in [1.807, 2.05) is 44.2 Å². The summed E-state index contributed by atoms with van der Waals surface area (Å²) in [4.78, 5) is 13.6. The summed E-state index contributed by atoms with van der Waals surface area (Å²) in [5.41, 5.74) is 2.11. The topological polar surface area (TPSA) is 68.9 Å². The van der Waals surface area contributed by atoms with E-state index in [2.05, 4.69) is 0 Å². The van der Waals surface area contributed by atoms with E-state index < -0.39 is 0 Å². The van der Waals surface area contributed by atoms with E-state index in [1.54, 1.807) is 36.4 Å². The van der Waals surface area contributed by atoms with Crippen LogP contribution in [0.1, 0.15) is 25.0 Å². The van der Waals surface area contributed by atoms with Gasteiger partial charge in [0.15, 0.2) is 28.3 Å². The van der Waals surface area contributed by atoms with Crippen LogP contribution in [0.5, 0.6) is 17.2 Å². The van der Waals surface area contributed by atoms with Gasteiger partial charge < -0.3 is 19.0 Å². The van der Waals surface area contributed by atoms with Gasteiger partial charge in [0.2, 0.25) is 0 Å². The number of rotatable bonds is 7. The molecule has 0 fully saturated rings. The van der Waals surface area contributed by atoms with Gasteiger partial charge in [0.05, 0.1) is 18.6 Å². The lowest BCUT2D eigenvalue weighted by atomic mass is 9.97. The van der Waals surface area contributed by atoms with Gasteiger partial charge >= 0.3 is 0 Å². The average Bonchev–Trinajstić information content (AvgIpc) is 2.79. The molecule has 0 saturated heterocycles. The first kappa shape index (κ1) is 20.5. The van der Waals surface area contributed by atoms with Gasteiger partial charge in [0.25, 0.3) is 0 Å². The lowest BCUT2D eigenvalue weighted by Crippen LogP contribution is -2.12. The molecule has 31 heavy (non-hydrogen) atoms. The number of hydrogen-bond donors (Lipinski definition) is 1. The van der Waals surface area contributed by atoms with Crippen LogP contribution in [0.25, 0.3) is 22.3 Å². The lowest BCUT2D eigenvalue weighted by molar-refractivity contribution is 0.317. The molecule has 5 nitrogen and oxygen atoms in total. The van der Waals surface area contributed by atoms with Crippen LogP contribution in [0.15, 0.2) is 75.9 Å².